The molecule has 4 nitrogen and oxygen atoms in total. The highest BCUT2D eigenvalue weighted by atomic mass is 16.5. The first-order valence-corrected chi connectivity index (χ1v) is 7.78. The molecule has 23 heavy (non-hydrogen) atoms. The number of hydrogen-bond donors (Lipinski definition) is 1. The van der Waals surface area contributed by atoms with Crippen molar-refractivity contribution in [3.63, 3.8) is 0 Å². The number of hydrogen-bond acceptors (Lipinski definition) is 3. The molecule has 0 aliphatic rings. The van der Waals surface area contributed by atoms with E-state index in [-0.39, 0.29) is 5.91 Å². The van der Waals surface area contributed by atoms with Crippen molar-refractivity contribution in [3.8, 4) is 11.5 Å². The third-order valence-electron chi connectivity index (χ3n) is 3.51. The molecule has 1 unspecified atom stereocenters. The quantitative estimate of drug-likeness (QED) is 0.873. The molecule has 1 amide bonds. The van der Waals surface area contributed by atoms with Gasteiger partial charge in [-0.15, -0.1) is 0 Å². The van der Waals surface area contributed by atoms with Crippen LogP contribution in [0.15, 0.2) is 42.5 Å². The number of anilines is 1. The van der Waals surface area contributed by atoms with Gasteiger partial charge in [0.2, 0.25) is 0 Å². The maximum absolute atomic E-state index is 12.3. The lowest BCUT2D eigenvalue weighted by Crippen LogP contribution is -2.30. The van der Waals surface area contributed by atoms with Crippen LogP contribution in [0.2, 0.25) is 0 Å². The standard InChI is InChI=1S/C19H23NO3/c1-5-22-17-11-9-16(10-12-17)20-19(21)15(4)23-18-13(2)7-6-8-14(18)3/h6-12,15H,5H2,1-4H3,(H,20,21). The molecule has 0 aromatic heterocycles. The lowest BCUT2D eigenvalue weighted by Gasteiger charge is -2.18. The summed E-state index contributed by atoms with van der Waals surface area (Å²) in [6.07, 6.45) is -0.582. The lowest BCUT2D eigenvalue weighted by molar-refractivity contribution is -0.122. The molecule has 0 fully saturated rings. The van der Waals surface area contributed by atoms with E-state index in [1.165, 1.54) is 0 Å². The highest BCUT2D eigenvalue weighted by Crippen LogP contribution is 2.24. The van der Waals surface area contributed by atoms with E-state index >= 15 is 0 Å². The van der Waals surface area contributed by atoms with Crippen molar-refractivity contribution in [2.24, 2.45) is 0 Å². The lowest BCUT2D eigenvalue weighted by atomic mass is 10.1. The molecular formula is C19H23NO3. The van der Waals surface area contributed by atoms with Crippen LogP contribution in [0.3, 0.4) is 0 Å². The van der Waals surface area contributed by atoms with Gasteiger partial charge in [-0.2, -0.15) is 0 Å². The molecule has 0 bridgehead atoms. The van der Waals surface area contributed by atoms with Crippen LogP contribution in [0.4, 0.5) is 5.69 Å². The Labute approximate surface area is 137 Å². The highest BCUT2D eigenvalue weighted by molar-refractivity contribution is 5.94. The summed E-state index contributed by atoms with van der Waals surface area (Å²) in [4.78, 5) is 12.3. The van der Waals surface area contributed by atoms with Gasteiger partial charge < -0.3 is 14.8 Å². The SMILES string of the molecule is CCOc1ccc(NC(=O)C(C)Oc2c(C)cccc2C)cc1. The Morgan fingerprint density at radius 1 is 1.09 bits per heavy atom. The van der Waals surface area contributed by atoms with Crippen LogP contribution in [-0.2, 0) is 4.79 Å². The summed E-state index contributed by atoms with van der Waals surface area (Å²) in [6.45, 7) is 8.24. The van der Waals surface area contributed by atoms with Crippen LogP contribution < -0.4 is 14.8 Å². The maximum Gasteiger partial charge on any atom is 0.265 e. The molecule has 0 spiro atoms. The first kappa shape index (κ1) is 16.9. The molecule has 122 valence electrons. The number of ether oxygens (including phenoxy) is 2. The van der Waals surface area contributed by atoms with Gasteiger partial charge >= 0.3 is 0 Å². The van der Waals surface area contributed by atoms with E-state index in [2.05, 4.69) is 5.32 Å². The van der Waals surface area contributed by atoms with Crippen LogP contribution >= 0.6 is 0 Å². The fraction of sp³-hybridized carbons (Fsp3) is 0.316. The number of para-hydroxylation sites is 1. The molecule has 1 N–H and O–H groups in total. The first-order valence-electron chi connectivity index (χ1n) is 7.78. The van der Waals surface area contributed by atoms with Crippen LogP contribution in [0.25, 0.3) is 0 Å². The summed E-state index contributed by atoms with van der Waals surface area (Å²) >= 11 is 0. The molecular weight excluding hydrogens is 290 g/mol. The third kappa shape index (κ3) is 4.49. The van der Waals surface area contributed by atoms with Crippen molar-refractivity contribution >= 4 is 11.6 Å². The molecule has 0 heterocycles. The van der Waals surface area contributed by atoms with Crippen LogP contribution in [0, 0.1) is 13.8 Å². The summed E-state index contributed by atoms with van der Waals surface area (Å²) in [5.74, 6) is 1.36. The minimum Gasteiger partial charge on any atom is -0.494 e. The Hall–Kier alpha value is -2.49. The molecule has 0 radical (unpaired) electrons. The fourth-order valence-electron chi connectivity index (χ4n) is 2.26. The van der Waals surface area contributed by atoms with Crippen molar-refractivity contribution in [2.45, 2.75) is 33.8 Å². The molecule has 0 aliphatic carbocycles. The second kappa shape index (κ2) is 7.68. The van der Waals surface area contributed by atoms with E-state index in [1.807, 2.05) is 63.2 Å². The van der Waals surface area contributed by atoms with Crippen LogP contribution in [0.1, 0.15) is 25.0 Å². The van der Waals surface area contributed by atoms with E-state index in [0.29, 0.717) is 6.61 Å². The van der Waals surface area contributed by atoms with Crippen LogP contribution in [-0.4, -0.2) is 18.6 Å². The van der Waals surface area contributed by atoms with Gasteiger partial charge in [0.05, 0.1) is 6.61 Å². The number of carbonyl (C=O) groups excluding carboxylic acids is 1. The van der Waals surface area contributed by atoms with Crippen molar-refractivity contribution in [2.75, 3.05) is 11.9 Å². The number of amides is 1. The topological polar surface area (TPSA) is 47.6 Å². The predicted octanol–water partition coefficient (Wildman–Crippen LogP) is 4.11. The Morgan fingerprint density at radius 3 is 2.26 bits per heavy atom. The molecule has 1 atom stereocenters. The summed E-state index contributed by atoms with van der Waals surface area (Å²) in [5.41, 5.74) is 2.76. The molecule has 2 aromatic rings. The van der Waals surface area contributed by atoms with Crippen molar-refractivity contribution in [1.29, 1.82) is 0 Å². The summed E-state index contributed by atoms with van der Waals surface area (Å²) in [6, 6.07) is 13.2. The second-order valence-corrected chi connectivity index (χ2v) is 5.43. The van der Waals surface area contributed by atoms with Gasteiger partial charge in [0.1, 0.15) is 11.5 Å². The smallest absolute Gasteiger partial charge is 0.265 e. The largest absolute Gasteiger partial charge is 0.494 e. The van der Waals surface area contributed by atoms with Gasteiger partial charge in [-0.1, -0.05) is 18.2 Å². The first-order chi connectivity index (χ1) is 11.0. The van der Waals surface area contributed by atoms with Gasteiger partial charge in [-0.05, 0) is 63.1 Å². The normalized spacial score (nSPS) is 11.7. The van der Waals surface area contributed by atoms with Gasteiger partial charge in [0.15, 0.2) is 6.10 Å². The van der Waals surface area contributed by atoms with E-state index in [9.17, 15) is 4.79 Å². The zero-order valence-electron chi connectivity index (χ0n) is 14.1. The van der Waals surface area contributed by atoms with Gasteiger partial charge in [-0.25, -0.2) is 0 Å². The summed E-state index contributed by atoms with van der Waals surface area (Å²) < 4.78 is 11.2. The maximum atomic E-state index is 12.3. The molecule has 0 aliphatic heterocycles. The van der Waals surface area contributed by atoms with Gasteiger partial charge in [-0.3, -0.25) is 4.79 Å². The number of aryl methyl sites for hydroxylation is 2. The third-order valence-corrected chi connectivity index (χ3v) is 3.51. The van der Waals surface area contributed by atoms with Crippen molar-refractivity contribution < 1.29 is 14.3 Å². The number of carbonyl (C=O) groups is 1. The number of rotatable bonds is 6. The van der Waals surface area contributed by atoms with Gasteiger partial charge in [0.25, 0.3) is 5.91 Å². The minimum absolute atomic E-state index is 0.184. The second-order valence-electron chi connectivity index (χ2n) is 5.43. The predicted molar refractivity (Wildman–Crippen MR) is 92.2 cm³/mol. The Morgan fingerprint density at radius 2 is 1.70 bits per heavy atom. The zero-order valence-corrected chi connectivity index (χ0v) is 14.1. The molecule has 0 saturated carbocycles. The monoisotopic (exact) mass is 313 g/mol. The zero-order chi connectivity index (χ0) is 16.8. The van der Waals surface area contributed by atoms with E-state index < -0.39 is 6.10 Å². The highest BCUT2D eigenvalue weighted by Gasteiger charge is 2.17. The Kier molecular flexibility index (Phi) is 5.63. The average molecular weight is 313 g/mol. The van der Waals surface area contributed by atoms with E-state index in [1.54, 1.807) is 6.92 Å². The Bertz CT molecular complexity index is 645. The Balaban J connectivity index is 1.99. The van der Waals surface area contributed by atoms with Gasteiger partial charge in [0, 0.05) is 5.69 Å². The average Bonchev–Trinajstić information content (AvgIpc) is 2.53. The van der Waals surface area contributed by atoms with E-state index in [0.717, 1.165) is 28.3 Å². The molecule has 4 heteroatoms. The molecule has 2 aromatic carbocycles. The van der Waals surface area contributed by atoms with E-state index in [4.69, 9.17) is 9.47 Å². The number of benzene rings is 2. The molecule has 0 saturated heterocycles. The minimum atomic E-state index is -0.582. The summed E-state index contributed by atoms with van der Waals surface area (Å²) in [7, 11) is 0. The van der Waals surface area contributed by atoms with Crippen LogP contribution in [0.5, 0.6) is 11.5 Å². The molecule has 2 rings (SSSR count). The fourth-order valence-corrected chi connectivity index (χ4v) is 2.26. The van der Waals surface area contributed by atoms with Crippen molar-refractivity contribution in [1.82, 2.24) is 0 Å². The number of nitrogens with one attached hydrogen (secondary N) is 1. The summed E-state index contributed by atoms with van der Waals surface area (Å²) in [5, 5.41) is 2.85. The van der Waals surface area contributed by atoms with Crippen molar-refractivity contribution in [3.05, 3.63) is 53.6 Å².